The molecule has 24 heavy (non-hydrogen) atoms. The van der Waals surface area contributed by atoms with Crippen molar-refractivity contribution in [2.24, 2.45) is 5.92 Å². The van der Waals surface area contributed by atoms with Gasteiger partial charge < -0.3 is 14.7 Å². The first-order valence-corrected chi connectivity index (χ1v) is 9.07. The molecule has 1 heterocycles. The van der Waals surface area contributed by atoms with Gasteiger partial charge in [-0.15, -0.1) is 12.4 Å². The number of piperidine rings is 1. The molecule has 0 aromatic heterocycles. The minimum absolute atomic E-state index is 0. The standard InChI is InChI=1S/C20H33NO2.ClH/c1-4-20(2,3)23-16-19(22)15-21-12-10-18(11-13-21)14-17-8-6-5-7-9-17;/h5-9,18-19,22H,4,10-16H2,1-3H3;1H. The van der Waals surface area contributed by atoms with Crippen LogP contribution in [0.5, 0.6) is 0 Å². The maximum Gasteiger partial charge on any atom is 0.0900 e. The third-order valence-electron chi connectivity index (χ3n) is 5.06. The van der Waals surface area contributed by atoms with E-state index >= 15 is 0 Å². The van der Waals surface area contributed by atoms with Crippen molar-refractivity contribution in [3.8, 4) is 0 Å². The van der Waals surface area contributed by atoms with Gasteiger partial charge in [-0.2, -0.15) is 0 Å². The number of rotatable bonds is 8. The average Bonchev–Trinajstić information content (AvgIpc) is 2.56. The Hall–Kier alpha value is -0.610. The summed E-state index contributed by atoms with van der Waals surface area (Å²) in [5.41, 5.74) is 1.31. The van der Waals surface area contributed by atoms with E-state index in [-0.39, 0.29) is 24.1 Å². The molecule has 1 fully saturated rings. The number of nitrogens with zero attached hydrogens (tertiary/aromatic N) is 1. The first-order chi connectivity index (χ1) is 11.0. The van der Waals surface area contributed by atoms with Gasteiger partial charge in [-0.1, -0.05) is 37.3 Å². The fraction of sp³-hybridized carbons (Fsp3) is 0.700. The van der Waals surface area contributed by atoms with Crippen molar-refractivity contribution in [1.82, 2.24) is 4.90 Å². The predicted molar refractivity (Wildman–Crippen MR) is 103 cm³/mol. The Balaban J connectivity index is 0.00000288. The lowest BCUT2D eigenvalue weighted by Gasteiger charge is -2.34. The Morgan fingerprint density at radius 2 is 1.83 bits per heavy atom. The van der Waals surface area contributed by atoms with Crippen LogP contribution >= 0.6 is 12.4 Å². The summed E-state index contributed by atoms with van der Waals surface area (Å²) in [6.07, 6.45) is 4.22. The minimum Gasteiger partial charge on any atom is -0.389 e. The zero-order valence-electron chi connectivity index (χ0n) is 15.4. The molecule has 1 atom stereocenters. The van der Waals surface area contributed by atoms with Gasteiger partial charge in [0.2, 0.25) is 0 Å². The number of likely N-dealkylation sites (tertiary alicyclic amines) is 1. The Labute approximate surface area is 153 Å². The van der Waals surface area contributed by atoms with Crippen LogP contribution in [0.1, 0.15) is 45.6 Å². The van der Waals surface area contributed by atoms with E-state index in [1.165, 1.54) is 24.8 Å². The molecule has 1 aromatic carbocycles. The van der Waals surface area contributed by atoms with Crippen LogP contribution in [0.4, 0.5) is 0 Å². The van der Waals surface area contributed by atoms with Gasteiger partial charge in [-0.3, -0.25) is 0 Å². The van der Waals surface area contributed by atoms with Gasteiger partial charge >= 0.3 is 0 Å². The van der Waals surface area contributed by atoms with Crippen LogP contribution in [0, 0.1) is 5.92 Å². The predicted octanol–water partition coefficient (Wildman–Crippen LogP) is 3.93. The highest BCUT2D eigenvalue weighted by Gasteiger charge is 2.23. The van der Waals surface area contributed by atoms with E-state index in [0.717, 1.165) is 32.0 Å². The van der Waals surface area contributed by atoms with E-state index in [9.17, 15) is 5.11 Å². The molecule has 1 saturated heterocycles. The topological polar surface area (TPSA) is 32.7 Å². The van der Waals surface area contributed by atoms with Gasteiger partial charge in [0.25, 0.3) is 0 Å². The molecule has 2 rings (SSSR count). The molecule has 1 aromatic rings. The molecule has 1 N–H and O–H groups in total. The van der Waals surface area contributed by atoms with Crippen LogP contribution in [0.25, 0.3) is 0 Å². The molecule has 0 amide bonds. The van der Waals surface area contributed by atoms with Crippen LogP contribution in [0.15, 0.2) is 30.3 Å². The summed E-state index contributed by atoms with van der Waals surface area (Å²) in [6.45, 7) is 9.62. The van der Waals surface area contributed by atoms with Gasteiger partial charge in [0.1, 0.15) is 0 Å². The number of hydrogen-bond acceptors (Lipinski definition) is 3. The number of halogens is 1. The van der Waals surface area contributed by atoms with Crippen LogP contribution in [-0.4, -0.2) is 48.0 Å². The Bertz CT molecular complexity index is 444. The number of ether oxygens (including phenoxy) is 1. The molecular weight excluding hydrogens is 322 g/mol. The lowest BCUT2D eigenvalue weighted by molar-refractivity contribution is -0.0686. The molecule has 0 saturated carbocycles. The molecule has 0 radical (unpaired) electrons. The molecule has 0 aliphatic carbocycles. The van der Waals surface area contributed by atoms with Crippen molar-refractivity contribution >= 4 is 12.4 Å². The summed E-state index contributed by atoms with van der Waals surface area (Å²) in [4.78, 5) is 2.38. The summed E-state index contributed by atoms with van der Waals surface area (Å²) < 4.78 is 5.81. The number of hydrogen-bond donors (Lipinski definition) is 1. The van der Waals surface area contributed by atoms with Gasteiger partial charge in [0.15, 0.2) is 0 Å². The Morgan fingerprint density at radius 3 is 2.42 bits per heavy atom. The number of aliphatic hydroxyl groups is 1. The Morgan fingerprint density at radius 1 is 1.21 bits per heavy atom. The third-order valence-corrected chi connectivity index (χ3v) is 5.06. The second kappa shape index (κ2) is 10.4. The first-order valence-electron chi connectivity index (χ1n) is 9.07. The molecule has 1 aliphatic heterocycles. The highest BCUT2D eigenvalue weighted by atomic mass is 35.5. The van der Waals surface area contributed by atoms with Crippen LogP contribution in [-0.2, 0) is 11.2 Å². The van der Waals surface area contributed by atoms with Gasteiger partial charge in [0, 0.05) is 6.54 Å². The quantitative estimate of drug-likeness (QED) is 0.766. The lowest BCUT2D eigenvalue weighted by Crippen LogP contribution is -2.41. The maximum atomic E-state index is 10.2. The SMILES string of the molecule is CCC(C)(C)OCC(O)CN1CCC(Cc2ccccc2)CC1.Cl. The normalized spacial score (nSPS) is 18.2. The van der Waals surface area contributed by atoms with Crippen molar-refractivity contribution in [3.63, 3.8) is 0 Å². The van der Waals surface area contributed by atoms with E-state index in [0.29, 0.717) is 6.61 Å². The van der Waals surface area contributed by atoms with Crippen molar-refractivity contribution in [2.45, 2.75) is 58.2 Å². The van der Waals surface area contributed by atoms with Crippen molar-refractivity contribution in [2.75, 3.05) is 26.2 Å². The first kappa shape index (κ1) is 21.4. The highest BCUT2D eigenvalue weighted by Crippen LogP contribution is 2.22. The van der Waals surface area contributed by atoms with Crippen molar-refractivity contribution in [1.29, 1.82) is 0 Å². The molecule has 1 aliphatic rings. The zero-order chi connectivity index (χ0) is 16.7. The number of β-amino-alcohol motifs (C(OH)–C–C–N with tert-alkyl or cyclic N) is 1. The largest absolute Gasteiger partial charge is 0.389 e. The van der Waals surface area contributed by atoms with E-state index in [4.69, 9.17) is 4.74 Å². The van der Waals surface area contributed by atoms with E-state index in [1.54, 1.807) is 0 Å². The summed E-state index contributed by atoms with van der Waals surface area (Å²) >= 11 is 0. The van der Waals surface area contributed by atoms with Gasteiger partial charge in [-0.25, -0.2) is 0 Å². The highest BCUT2D eigenvalue weighted by molar-refractivity contribution is 5.85. The molecule has 1 unspecified atom stereocenters. The third kappa shape index (κ3) is 7.52. The van der Waals surface area contributed by atoms with E-state index in [1.807, 2.05) is 0 Å². The molecular formula is C20H34ClNO2. The second-order valence-corrected chi connectivity index (χ2v) is 7.51. The smallest absolute Gasteiger partial charge is 0.0900 e. The zero-order valence-corrected chi connectivity index (χ0v) is 16.2. The van der Waals surface area contributed by atoms with Crippen LogP contribution in [0.2, 0.25) is 0 Å². The van der Waals surface area contributed by atoms with Crippen molar-refractivity contribution < 1.29 is 9.84 Å². The van der Waals surface area contributed by atoms with Crippen LogP contribution < -0.4 is 0 Å². The average molecular weight is 356 g/mol. The fourth-order valence-corrected chi connectivity index (χ4v) is 3.10. The molecule has 4 heteroatoms. The summed E-state index contributed by atoms with van der Waals surface area (Å²) in [6, 6.07) is 10.8. The second-order valence-electron chi connectivity index (χ2n) is 7.51. The summed E-state index contributed by atoms with van der Waals surface area (Å²) in [5.74, 6) is 0.779. The van der Waals surface area contributed by atoms with Gasteiger partial charge in [0.05, 0.1) is 18.3 Å². The maximum absolute atomic E-state index is 10.2. The van der Waals surface area contributed by atoms with Crippen LogP contribution in [0.3, 0.4) is 0 Å². The van der Waals surface area contributed by atoms with Gasteiger partial charge in [-0.05, 0) is 64.1 Å². The number of aliphatic hydroxyl groups excluding tert-OH is 1. The summed E-state index contributed by atoms with van der Waals surface area (Å²) in [7, 11) is 0. The molecule has 138 valence electrons. The Kier molecular flexibility index (Phi) is 9.28. The molecule has 0 bridgehead atoms. The monoisotopic (exact) mass is 355 g/mol. The van der Waals surface area contributed by atoms with E-state index in [2.05, 4.69) is 56.0 Å². The lowest BCUT2D eigenvalue weighted by atomic mass is 9.90. The number of benzene rings is 1. The van der Waals surface area contributed by atoms with Crippen molar-refractivity contribution in [3.05, 3.63) is 35.9 Å². The fourth-order valence-electron chi connectivity index (χ4n) is 3.10. The van der Waals surface area contributed by atoms with E-state index < -0.39 is 0 Å². The minimum atomic E-state index is -0.383. The molecule has 3 nitrogen and oxygen atoms in total. The summed E-state index contributed by atoms with van der Waals surface area (Å²) in [5, 5.41) is 10.2. The molecule has 0 spiro atoms.